The Bertz CT molecular complexity index is 821. The van der Waals surface area contributed by atoms with Crippen LogP contribution in [0.3, 0.4) is 0 Å². The third-order valence-electron chi connectivity index (χ3n) is 2.71. The van der Waals surface area contributed by atoms with Crippen LogP contribution >= 0.6 is 22.7 Å². The summed E-state index contributed by atoms with van der Waals surface area (Å²) >= 11 is 2.81. The standard InChI is InChI=1S/C15H11N3OS2/c16-8-3-4-10-7-9-20-13(10)14(19)18-15-17-11-5-1-2-6-12(11)21-15/h1-2,5-7,9H,8,16H2,(H,17,18,19). The van der Waals surface area contributed by atoms with Crippen LogP contribution in [0, 0.1) is 11.8 Å². The Morgan fingerprint density at radius 1 is 1.33 bits per heavy atom. The third kappa shape index (κ3) is 2.95. The Balaban J connectivity index is 1.84. The van der Waals surface area contributed by atoms with Gasteiger partial charge in [-0.25, -0.2) is 4.98 Å². The molecular weight excluding hydrogens is 302 g/mol. The van der Waals surface area contributed by atoms with Crippen LogP contribution in [0.15, 0.2) is 35.7 Å². The second-order valence-corrected chi connectivity index (χ2v) is 6.06. The van der Waals surface area contributed by atoms with Crippen LogP contribution in [0.5, 0.6) is 0 Å². The van der Waals surface area contributed by atoms with Crippen molar-refractivity contribution in [3.63, 3.8) is 0 Å². The fourth-order valence-electron chi connectivity index (χ4n) is 1.81. The van der Waals surface area contributed by atoms with Crippen molar-refractivity contribution in [2.45, 2.75) is 0 Å². The van der Waals surface area contributed by atoms with E-state index < -0.39 is 0 Å². The van der Waals surface area contributed by atoms with Crippen LogP contribution < -0.4 is 11.1 Å². The Morgan fingerprint density at radius 3 is 3.00 bits per heavy atom. The highest BCUT2D eigenvalue weighted by Crippen LogP contribution is 2.26. The van der Waals surface area contributed by atoms with E-state index in [1.54, 1.807) is 0 Å². The fourth-order valence-corrected chi connectivity index (χ4v) is 3.41. The molecular formula is C15H11N3OS2. The average Bonchev–Trinajstić information content (AvgIpc) is 3.10. The molecule has 2 aromatic heterocycles. The number of thiazole rings is 1. The molecule has 0 atom stereocenters. The second-order valence-electron chi connectivity index (χ2n) is 4.11. The van der Waals surface area contributed by atoms with Gasteiger partial charge in [-0.2, -0.15) is 0 Å². The van der Waals surface area contributed by atoms with E-state index in [9.17, 15) is 4.79 Å². The zero-order chi connectivity index (χ0) is 14.7. The summed E-state index contributed by atoms with van der Waals surface area (Å²) < 4.78 is 1.04. The summed E-state index contributed by atoms with van der Waals surface area (Å²) in [7, 11) is 0. The van der Waals surface area contributed by atoms with Crippen molar-refractivity contribution in [2.24, 2.45) is 5.73 Å². The number of fused-ring (bicyclic) bond motifs is 1. The lowest BCUT2D eigenvalue weighted by molar-refractivity contribution is 0.103. The van der Waals surface area contributed by atoms with Gasteiger partial charge in [0.1, 0.15) is 4.88 Å². The molecule has 104 valence electrons. The number of aromatic nitrogens is 1. The molecule has 0 aliphatic heterocycles. The average molecular weight is 313 g/mol. The van der Waals surface area contributed by atoms with Gasteiger partial charge in [0.25, 0.3) is 5.91 Å². The number of thiophene rings is 1. The van der Waals surface area contributed by atoms with Crippen LogP contribution in [0.1, 0.15) is 15.2 Å². The maximum atomic E-state index is 12.3. The van der Waals surface area contributed by atoms with Gasteiger partial charge in [-0.3, -0.25) is 10.1 Å². The summed E-state index contributed by atoms with van der Waals surface area (Å²) in [6, 6.07) is 9.59. The number of hydrogen-bond donors (Lipinski definition) is 2. The summed E-state index contributed by atoms with van der Waals surface area (Å²) in [6.45, 7) is 0.273. The highest BCUT2D eigenvalue weighted by atomic mass is 32.1. The number of amides is 1. The highest BCUT2D eigenvalue weighted by molar-refractivity contribution is 7.22. The first-order valence-corrected chi connectivity index (χ1v) is 7.91. The van der Waals surface area contributed by atoms with Gasteiger partial charge in [-0.15, -0.1) is 11.3 Å². The van der Waals surface area contributed by atoms with E-state index in [0.717, 1.165) is 10.2 Å². The molecule has 1 amide bonds. The largest absolute Gasteiger partial charge is 0.320 e. The molecule has 3 N–H and O–H groups in total. The van der Waals surface area contributed by atoms with Gasteiger partial charge >= 0.3 is 0 Å². The number of para-hydroxylation sites is 1. The minimum atomic E-state index is -0.189. The van der Waals surface area contributed by atoms with Gasteiger partial charge in [0.2, 0.25) is 0 Å². The molecule has 3 rings (SSSR count). The SMILES string of the molecule is NCC#Cc1ccsc1C(=O)Nc1nc2ccccc2s1. The van der Waals surface area contributed by atoms with Crippen molar-refractivity contribution < 1.29 is 4.79 Å². The summed E-state index contributed by atoms with van der Waals surface area (Å²) in [5, 5.41) is 5.26. The van der Waals surface area contributed by atoms with Crippen LogP contribution in [-0.2, 0) is 0 Å². The molecule has 1 aromatic carbocycles. The normalized spacial score (nSPS) is 10.1. The number of nitrogens with zero attached hydrogens (tertiary/aromatic N) is 1. The molecule has 21 heavy (non-hydrogen) atoms. The summed E-state index contributed by atoms with van der Waals surface area (Å²) in [6.07, 6.45) is 0. The quantitative estimate of drug-likeness (QED) is 0.715. The molecule has 4 nitrogen and oxygen atoms in total. The molecule has 0 saturated heterocycles. The Morgan fingerprint density at radius 2 is 2.19 bits per heavy atom. The predicted molar refractivity (Wildman–Crippen MR) is 87.8 cm³/mol. The van der Waals surface area contributed by atoms with E-state index in [1.807, 2.05) is 35.7 Å². The van der Waals surface area contributed by atoms with Crippen LogP contribution in [0.25, 0.3) is 10.2 Å². The molecule has 0 saturated carbocycles. The second kappa shape index (κ2) is 6.06. The molecule has 0 bridgehead atoms. The van der Waals surface area contributed by atoms with E-state index in [2.05, 4.69) is 22.1 Å². The first kappa shape index (κ1) is 13.8. The number of anilines is 1. The van der Waals surface area contributed by atoms with Gasteiger partial charge in [-0.1, -0.05) is 35.3 Å². The van der Waals surface area contributed by atoms with Gasteiger partial charge < -0.3 is 5.73 Å². The van der Waals surface area contributed by atoms with Crippen molar-refractivity contribution in [1.29, 1.82) is 0 Å². The Labute approximate surface area is 129 Å². The number of rotatable bonds is 2. The molecule has 6 heteroatoms. The molecule has 3 aromatic rings. The Kier molecular flexibility index (Phi) is 3.97. The van der Waals surface area contributed by atoms with Gasteiger partial charge in [0.15, 0.2) is 5.13 Å². The monoisotopic (exact) mass is 313 g/mol. The topological polar surface area (TPSA) is 68.0 Å². The first-order chi connectivity index (χ1) is 10.3. The van der Waals surface area contributed by atoms with Crippen LogP contribution in [-0.4, -0.2) is 17.4 Å². The van der Waals surface area contributed by atoms with Gasteiger partial charge in [0.05, 0.1) is 16.8 Å². The summed E-state index contributed by atoms with van der Waals surface area (Å²) in [5.74, 6) is 5.48. The number of nitrogens with one attached hydrogen (secondary N) is 1. The molecule has 0 unspecified atom stereocenters. The third-order valence-corrected chi connectivity index (χ3v) is 4.58. The molecule has 0 aliphatic carbocycles. The summed E-state index contributed by atoms with van der Waals surface area (Å²) in [5.41, 5.74) is 6.94. The van der Waals surface area contributed by atoms with E-state index in [-0.39, 0.29) is 12.5 Å². The summed E-state index contributed by atoms with van der Waals surface area (Å²) in [4.78, 5) is 17.3. The first-order valence-electron chi connectivity index (χ1n) is 6.21. The Hall–Kier alpha value is -2.20. The lowest BCUT2D eigenvalue weighted by Gasteiger charge is -1.99. The van der Waals surface area contributed by atoms with Crippen molar-refractivity contribution in [3.8, 4) is 11.8 Å². The molecule has 0 radical (unpaired) electrons. The predicted octanol–water partition coefficient (Wildman–Crippen LogP) is 2.92. The van der Waals surface area contributed by atoms with E-state index >= 15 is 0 Å². The zero-order valence-corrected chi connectivity index (χ0v) is 12.6. The number of carbonyl (C=O) groups excluding carboxylic acids is 1. The smallest absolute Gasteiger partial charge is 0.268 e. The maximum Gasteiger partial charge on any atom is 0.268 e. The number of hydrogen-bond acceptors (Lipinski definition) is 5. The molecule has 0 aliphatic rings. The highest BCUT2D eigenvalue weighted by Gasteiger charge is 2.14. The zero-order valence-electron chi connectivity index (χ0n) is 10.9. The number of benzene rings is 1. The molecule has 0 fully saturated rings. The minimum absolute atomic E-state index is 0.189. The van der Waals surface area contributed by atoms with Crippen molar-refractivity contribution in [2.75, 3.05) is 11.9 Å². The number of nitrogens with two attached hydrogens (primary N) is 1. The van der Waals surface area contributed by atoms with Crippen molar-refractivity contribution >= 4 is 43.9 Å². The van der Waals surface area contributed by atoms with Crippen LogP contribution in [0.2, 0.25) is 0 Å². The molecule has 0 spiro atoms. The van der Waals surface area contributed by atoms with Crippen LogP contribution in [0.4, 0.5) is 5.13 Å². The lowest BCUT2D eigenvalue weighted by atomic mass is 10.2. The minimum Gasteiger partial charge on any atom is -0.320 e. The number of carbonyl (C=O) groups is 1. The van der Waals surface area contributed by atoms with E-state index in [4.69, 9.17) is 5.73 Å². The molecule has 2 heterocycles. The lowest BCUT2D eigenvalue weighted by Crippen LogP contribution is -2.11. The van der Waals surface area contributed by atoms with E-state index in [0.29, 0.717) is 15.6 Å². The van der Waals surface area contributed by atoms with Crippen molar-refractivity contribution in [1.82, 2.24) is 4.98 Å². The maximum absolute atomic E-state index is 12.3. The van der Waals surface area contributed by atoms with Crippen molar-refractivity contribution in [3.05, 3.63) is 46.2 Å². The van der Waals surface area contributed by atoms with Gasteiger partial charge in [0, 0.05) is 5.56 Å². The fraction of sp³-hybridized carbons (Fsp3) is 0.0667. The van der Waals surface area contributed by atoms with Gasteiger partial charge in [-0.05, 0) is 23.6 Å². The van der Waals surface area contributed by atoms with E-state index in [1.165, 1.54) is 22.7 Å².